The van der Waals surface area contributed by atoms with Gasteiger partial charge in [0.1, 0.15) is 0 Å². The van der Waals surface area contributed by atoms with Crippen LogP contribution in [0.2, 0.25) is 0 Å². The number of allylic oxidation sites excluding steroid dienone is 4. The predicted octanol–water partition coefficient (Wildman–Crippen LogP) is 2.68. The molecule has 1 aromatic heterocycles. The van der Waals surface area contributed by atoms with E-state index in [1.165, 1.54) is 12.4 Å². The molecule has 0 spiro atoms. The molecule has 1 heterocycles. The number of nitrogens with two attached hydrogens (primary N) is 1. The fourth-order valence-electron chi connectivity index (χ4n) is 1.60. The highest BCUT2D eigenvalue weighted by atomic mass is 14.7. The lowest BCUT2D eigenvalue weighted by atomic mass is 10.0. The number of aromatic nitrogens is 1. The highest BCUT2D eigenvalue weighted by Gasteiger charge is 2.11. The summed E-state index contributed by atoms with van der Waals surface area (Å²) in [5.74, 6) is 0. The summed E-state index contributed by atoms with van der Waals surface area (Å²) in [5, 5.41) is 22.7. The molecule has 0 aliphatic heterocycles. The van der Waals surface area contributed by atoms with Crippen molar-refractivity contribution in [2.45, 2.75) is 13.8 Å². The van der Waals surface area contributed by atoms with Crippen LogP contribution in [-0.4, -0.2) is 23.1 Å². The molecule has 0 aliphatic rings. The molecule has 0 fully saturated rings. The van der Waals surface area contributed by atoms with Gasteiger partial charge in [0.15, 0.2) is 0 Å². The molecule has 98 valence electrons. The zero-order valence-electron chi connectivity index (χ0n) is 11.0. The van der Waals surface area contributed by atoms with Gasteiger partial charge in [0, 0.05) is 29.1 Å². The van der Waals surface area contributed by atoms with Crippen molar-refractivity contribution < 1.29 is 0 Å². The topological polar surface area (TPSA) is 110 Å². The third kappa shape index (κ3) is 3.01. The van der Waals surface area contributed by atoms with Gasteiger partial charge in [0.25, 0.3) is 0 Å². The summed E-state index contributed by atoms with van der Waals surface area (Å²) in [5.41, 5.74) is 8.65. The van der Waals surface area contributed by atoms with Gasteiger partial charge < -0.3 is 16.6 Å². The second kappa shape index (κ2) is 6.39. The van der Waals surface area contributed by atoms with Gasteiger partial charge in [-0.15, -0.1) is 0 Å². The SMILES string of the molecule is C/C=C(\C=N)c1cc(C(=N)/C(C=N)=C/C)c(N)cn1. The molecule has 0 saturated heterocycles. The summed E-state index contributed by atoms with van der Waals surface area (Å²) >= 11 is 0. The molecule has 0 amide bonds. The molecule has 0 saturated carbocycles. The summed E-state index contributed by atoms with van der Waals surface area (Å²) in [6, 6.07) is 1.67. The van der Waals surface area contributed by atoms with Gasteiger partial charge in [-0.1, -0.05) is 12.2 Å². The van der Waals surface area contributed by atoms with Gasteiger partial charge >= 0.3 is 0 Å². The summed E-state index contributed by atoms with van der Waals surface area (Å²) in [6.07, 6.45) is 7.26. The monoisotopic (exact) mass is 255 g/mol. The number of hydrogen-bond acceptors (Lipinski definition) is 5. The highest BCUT2D eigenvalue weighted by molar-refractivity contribution is 6.24. The van der Waals surface area contributed by atoms with Crippen LogP contribution >= 0.6 is 0 Å². The smallest absolute Gasteiger partial charge is 0.0722 e. The molecule has 1 aromatic rings. The largest absolute Gasteiger partial charge is 0.397 e. The standard InChI is InChI=1S/C14H17N5/c1-3-9(6-15)13-5-11(12(17)8-19-13)14(18)10(4-2)7-16/h3-8,15-16,18H,17H2,1-2H3/b9-3+,10-4+,15-6?,16-7?,18-14?. The Morgan fingerprint density at radius 1 is 1.21 bits per heavy atom. The third-order valence-corrected chi connectivity index (χ3v) is 2.72. The molecule has 0 unspecified atom stereocenters. The van der Waals surface area contributed by atoms with E-state index in [1.54, 1.807) is 25.1 Å². The maximum atomic E-state index is 8.08. The minimum absolute atomic E-state index is 0.180. The fourth-order valence-corrected chi connectivity index (χ4v) is 1.60. The lowest BCUT2D eigenvalue weighted by Gasteiger charge is -2.10. The van der Waals surface area contributed by atoms with Gasteiger partial charge in [-0.25, -0.2) is 0 Å². The van der Waals surface area contributed by atoms with Crippen molar-refractivity contribution in [2.24, 2.45) is 0 Å². The van der Waals surface area contributed by atoms with Crippen molar-refractivity contribution in [3.63, 3.8) is 0 Å². The van der Waals surface area contributed by atoms with Crippen molar-refractivity contribution in [1.82, 2.24) is 4.98 Å². The number of nitrogen functional groups attached to an aromatic ring is 1. The lowest BCUT2D eigenvalue weighted by Crippen LogP contribution is -2.09. The minimum atomic E-state index is 0.180. The van der Waals surface area contributed by atoms with Crippen LogP contribution in [0.25, 0.3) is 5.57 Å². The van der Waals surface area contributed by atoms with E-state index in [0.717, 1.165) is 6.21 Å². The molecule has 0 atom stereocenters. The molecular weight excluding hydrogens is 238 g/mol. The molecule has 19 heavy (non-hydrogen) atoms. The van der Waals surface area contributed by atoms with Gasteiger partial charge in [0.2, 0.25) is 0 Å². The van der Waals surface area contributed by atoms with Crippen LogP contribution in [0.3, 0.4) is 0 Å². The van der Waals surface area contributed by atoms with E-state index in [1.807, 2.05) is 6.92 Å². The van der Waals surface area contributed by atoms with Gasteiger partial charge in [-0.2, -0.15) is 0 Å². The molecular formula is C14H17N5. The Bertz CT molecular complexity index is 581. The Labute approximate surface area is 112 Å². The third-order valence-electron chi connectivity index (χ3n) is 2.72. The number of nitrogens with zero attached hydrogens (tertiary/aromatic N) is 1. The Morgan fingerprint density at radius 3 is 2.37 bits per heavy atom. The number of rotatable bonds is 5. The van der Waals surface area contributed by atoms with E-state index in [2.05, 4.69) is 4.98 Å². The zero-order chi connectivity index (χ0) is 14.4. The van der Waals surface area contributed by atoms with Crippen LogP contribution in [-0.2, 0) is 0 Å². The molecule has 5 nitrogen and oxygen atoms in total. The summed E-state index contributed by atoms with van der Waals surface area (Å²) in [7, 11) is 0. The van der Waals surface area contributed by atoms with Crippen molar-refractivity contribution in [2.75, 3.05) is 5.73 Å². The van der Waals surface area contributed by atoms with E-state index >= 15 is 0 Å². The van der Waals surface area contributed by atoms with Gasteiger partial charge in [0.05, 0.1) is 23.3 Å². The summed E-state index contributed by atoms with van der Waals surface area (Å²) in [4.78, 5) is 4.16. The fraction of sp³-hybridized carbons (Fsp3) is 0.143. The van der Waals surface area contributed by atoms with E-state index in [0.29, 0.717) is 28.1 Å². The summed E-state index contributed by atoms with van der Waals surface area (Å²) < 4.78 is 0. The predicted molar refractivity (Wildman–Crippen MR) is 80.5 cm³/mol. The van der Waals surface area contributed by atoms with E-state index < -0.39 is 0 Å². The first-order valence-corrected chi connectivity index (χ1v) is 5.77. The Kier molecular flexibility index (Phi) is 4.88. The summed E-state index contributed by atoms with van der Waals surface area (Å²) in [6.45, 7) is 3.58. The second-order valence-electron chi connectivity index (χ2n) is 3.81. The van der Waals surface area contributed by atoms with Crippen LogP contribution in [0.15, 0.2) is 30.0 Å². The molecule has 0 aliphatic carbocycles. The minimum Gasteiger partial charge on any atom is -0.397 e. The first kappa shape index (κ1) is 14.5. The zero-order valence-corrected chi connectivity index (χ0v) is 11.0. The number of hydrogen-bond donors (Lipinski definition) is 4. The average Bonchev–Trinajstić information content (AvgIpc) is 2.43. The first-order valence-electron chi connectivity index (χ1n) is 5.77. The van der Waals surface area contributed by atoms with Crippen molar-refractivity contribution >= 4 is 29.4 Å². The Hall–Kier alpha value is -2.56. The molecule has 0 radical (unpaired) electrons. The second-order valence-corrected chi connectivity index (χ2v) is 3.81. The lowest BCUT2D eigenvalue weighted by molar-refractivity contribution is 1.27. The maximum Gasteiger partial charge on any atom is 0.0722 e. The Morgan fingerprint density at radius 2 is 1.89 bits per heavy atom. The average molecular weight is 255 g/mol. The maximum absolute atomic E-state index is 8.08. The molecule has 5 N–H and O–H groups in total. The van der Waals surface area contributed by atoms with Crippen LogP contribution in [0.4, 0.5) is 5.69 Å². The molecule has 1 rings (SSSR count). The van der Waals surface area contributed by atoms with Crippen LogP contribution in [0, 0.1) is 16.2 Å². The molecule has 5 heteroatoms. The number of pyridine rings is 1. The van der Waals surface area contributed by atoms with Crippen LogP contribution in [0.5, 0.6) is 0 Å². The molecule has 0 aromatic carbocycles. The van der Waals surface area contributed by atoms with Crippen LogP contribution in [0.1, 0.15) is 25.1 Å². The number of nitrogens with one attached hydrogen (secondary N) is 3. The quantitative estimate of drug-likeness (QED) is 0.606. The molecule has 0 bridgehead atoms. The van der Waals surface area contributed by atoms with Crippen molar-refractivity contribution in [1.29, 1.82) is 16.2 Å². The first-order chi connectivity index (χ1) is 9.08. The Balaban J connectivity index is 3.36. The van der Waals surface area contributed by atoms with Gasteiger partial charge in [-0.05, 0) is 19.9 Å². The van der Waals surface area contributed by atoms with E-state index in [4.69, 9.17) is 22.0 Å². The highest BCUT2D eigenvalue weighted by Crippen LogP contribution is 2.19. The van der Waals surface area contributed by atoms with Gasteiger partial charge in [-0.3, -0.25) is 10.4 Å². The van der Waals surface area contributed by atoms with Crippen molar-refractivity contribution in [3.8, 4) is 0 Å². The number of anilines is 1. The van der Waals surface area contributed by atoms with Crippen molar-refractivity contribution in [3.05, 3.63) is 41.2 Å². The normalized spacial score (nSPS) is 12.1. The van der Waals surface area contributed by atoms with E-state index in [-0.39, 0.29) is 5.71 Å². The van der Waals surface area contributed by atoms with E-state index in [9.17, 15) is 0 Å². The van der Waals surface area contributed by atoms with Crippen LogP contribution < -0.4 is 5.73 Å².